The third-order valence-corrected chi connectivity index (χ3v) is 5.36. The zero-order chi connectivity index (χ0) is 18.8. The van der Waals surface area contributed by atoms with Gasteiger partial charge >= 0.3 is 0 Å². The van der Waals surface area contributed by atoms with Crippen molar-refractivity contribution in [2.75, 3.05) is 0 Å². The van der Waals surface area contributed by atoms with E-state index in [1.54, 1.807) is 6.20 Å². The van der Waals surface area contributed by atoms with Gasteiger partial charge in [0.25, 0.3) is 5.91 Å². The number of nitrogens with zero attached hydrogens (tertiary/aromatic N) is 2. The van der Waals surface area contributed by atoms with Crippen molar-refractivity contribution in [3.05, 3.63) is 48.7 Å². The Bertz CT molecular complexity index is 957. The van der Waals surface area contributed by atoms with Crippen LogP contribution in [-0.4, -0.2) is 27.8 Å². The molecule has 0 saturated heterocycles. The van der Waals surface area contributed by atoms with Crippen LogP contribution in [0.2, 0.25) is 0 Å². The lowest BCUT2D eigenvalue weighted by atomic mass is 10.0. The zero-order valence-corrected chi connectivity index (χ0v) is 15.8. The summed E-state index contributed by atoms with van der Waals surface area (Å²) in [4.78, 5) is 12.5. The lowest BCUT2D eigenvalue weighted by Gasteiger charge is -2.19. The molecule has 1 aliphatic rings. The molecule has 1 atom stereocenters. The van der Waals surface area contributed by atoms with E-state index in [9.17, 15) is 4.79 Å². The number of aromatic nitrogens is 2. The van der Waals surface area contributed by atoms with Gasteiger partial charge in [-0.15, -0.1) is 0 Å². The second-order valence-electron chi connectivity index (χ2n) is 7.25. The van der Waals surface area contributed by atoms with E-state index in [2.05, 4.69) is 16.5 Å². The fourth-order valence-corrected chi connectivity index (χ4v) is 3.87. The van der Waals surface area contributed by atoms with Crippen molar-refractivity contribution in [2.24, 2.45) is 7.05 Å². The molecule has 3 aromatic rings. The number of rotatable bonds is 5. The molecular weight excluding hydrogens is 338 g/mol. The Morgan fingerprint density at radius 2 is 1.89 bits per heavy atom. The summed E-state index contributed by atoms with van der Waals surface area (Å²) in [5.74, 6) is 0.687. The highest BCUT2D eigenvalue weighted by molar-refractivity contribution is 5.99. The van der Waals surface area contributed by atoms with Crippen LogP contribution in [0.25, 0.3) is 22.0 Å². The van der Waals surface area contributed by atoms with Crippen LogP contribution < -0.4 is 10.1 Å². The Hall–Kier alpha value is -2.82. The average Bonchev–Trinajstić information content (AvgIpc) is 3.33. The van der Waals surface area contributed by atoms with E-state index < -0.39 is 6.10 Å². The van der Waals surface area contributed by atoms with Crippen molar-refractivity contribution >= 4 is 16.7 Å². The predicted molar refractivity (Wildman–Crippen MR) is 107 cm³/mol. The maximum Gasteiger partial charge on any atom is 0.260 e. The van der Waals surface area contributed by atoms with Crippen molar-refractivity contribution in [1.29, 1.82) is 0 Å². The smallest absolute Gasteiger partial charge is 0.260 e. The summed E-state index contributed by atoms with van der Waals surface area (Å²) in [6, 6.07) is 14.4. The number of amides is 1. The molecule has 1 amide bonds. The van der Waals surface area contributed by atoms with Gasteiger partial charge in [-0.05, 0) is 43.4 Å². The summed E-state index contributed by atoms with van der Waals surface area (Å²) in [6.45, 7) is 1.81. The standard InChI is InChI=1S/C22H25N3O2/c1-15(22(26)24-16-7-3-4-8-16)27-21-12-11-18(20-13-14-23-25(20)2)17-9-5-6-10-19(17)21/h5-6,9-16H,3-4,7-8H2,1-2H3,(H,24,26). The Kier molecular flexibility index (Phi) is 4.84. The van der Waals surface area contributed by atoms with E-state index in [1.165, 1.54) is 12.8 Å². The maximum absolute atomic E-state index is 12.5. The first-order valence-electron chi connectivity index (χ1n) is 9.60. The molecule has 0 spiro atoms. The zero-order valence-electron chi connectivity index (χ0n) is 15.8. The summed E-state index contributed by atoms with van der Waals surface area (Å²) in [7, 11) is 1.93. The first kappa shape index (κ1) is 17.6. The van der Waals surface area contributed by atoms with Crippen LogP contribution in [0.15, 0.2) is 48.7 Å². The van der Waals surface area contributed by atoms with Crippen molar-refractivity contribution < 1.29 is 9.53 Å². The van der Waals surface area contributed by atoms with Crippen LogP contribution in [0.1, 0.15) is 32.6 Å². The van der Waals surface area contributed by atoms with Crippen LogP contribution >= 0.6 is 0 Å². The highest BCUT2D eigenvalue weighted by Gasteiger charge is 2.22. The minimum absolute atomic E-state index is 0.0401. The summed E-state index contributed by atoms with van der Waals surface area (Å²) in [6.07, 6.45) is 5.79. The molecule has 1 aliphatic carbocycles. The number of hydrogen-bond donors (Lipinski definition) is 1. The van der Waals surface area contributed by atoms with Gasteiger partial charge in [0, 0.05) is 30.2 Å². The third-order valence-electron chi connectivity index (χ3n) is 5.36. The molecule has 1 heterocycles. The van der Waals surface area contributed by atoms with Gasteiger partial charge < -0.3 is 10.1 Å². The van der Waals surface area contributed by atoms with Gasteiger partial charge in [0.2, 0.25) is 0 Å². The number of benzene rings is 2. The predicted octanol–water partition coefficient (Wildman–Crippen LogP) is 4.07. The number of carbonyl (C=O) groups excluding carboxylic acids is 1. The van der Waals surface area contributed by atoms with Gasteiger partial charge in [-0.3, -0.25) is 9.48 Å². The maximum atomic E-state index is 12.5. The van der Waals surface area contributed by atoms with Crippen molar-refractivity contribution in [3.8, 4) is 17.0 Å². The minimum Gasteiger partial charge on any atom is -0.480 e. The number of nitrogens with one attached hydrogen (secondary N) is 1. The Morgan fingerprint density at radius 3 is 2.59 bits per heavy atom. The van der Waals surface area contributed by atoms with Crippen LogP contribution in [0, 0.1) is 0 Å². The Morgan fingerprint density at radius 1 is 1.15 bits per heavy atom. The molecule has 0 radical (unpaired) electrons. The second-order valence-corrected chi connectivity index (χ2v) is 7.25. The SMILES string of the molecule is CC(Oc1ccc(-c2ccnn2C)c2ccccc12)C(=O)NC1CCCC1. The summed E-state index contributed by atoms with van der Waals surface area (Å²) < 4.78 is 7.93. The largest absolute Gasteiger partial charge is 0.480 e. The molecule has 4 rings (SSSR count). The first-order chi connectivity index (χ1) is 13.1. The van der Waals surface area contributed by atoms with E-state index in [4.69, 9.17) is 4.74 Å². The van der Waals surface area contributed by atoms with Gasteiger partial charge in [-0.25, -0.2) is 0 Å². The molecule has 5 nitrogen and oxygen atoms in total. The van der Waals surface area contributed by atoms with Gasteiger partial charge in [-0.1, -0.05) is 37.1 Å². The summed E-state index contributed by atoms with van der Waals surface area (Å²) >= 11 is 0. The normalized spacial score (nSPS) is 15.8. The molecule has 5 heteroatoms. The van der Waals surface area contributed by atoms with E-state index >= 15 is 0 Å². The molecule has 1 aromatic heterocycles. The van der Waals surface area contributed by atoms with Crippen LogP contribution in [0.5, 0.6) is 5.75 Å². The molecule has 0 bridgehead atoms. The number of carbonyl (C=O) groups is 1. The second kappa shape index (κ2) is 7.43. The fourth-order valence-electron chi connectivity index (χ4n) is 3.87. The highest BCUT2D eigenvalue weighted by atomic mass is 16.5. The van der Waals surface area contributed by atoms with Gasteiger partial charge in [0.05, 0.1) is 5.69 Å². The first-order valence-corrected chi connectivity index (χ1v) is 9.60. The van der Waals surface area contributed by atoms with Crippen molar-refractivity contribution in [3.63, 3.8) is 0 Å². The van der Waals surface area contributed by atoms with Gasteiger partial charge in [-0.2, -0.15) is 5.10 Å². The third kappa shape index (κ3) is 3.54. The van der Waals surface area contributed by atoms with E-state index in [0.717, 1.165) is 40.6 Å². The van der Waals surface area contributed by atoms with Crippen LogP contribution in [0.3, 0.4) is 0 Å². The summed E-state index contributed by atoms with van der Waals surface area (Å²) in [5, 5.41) is 9.47. The topological polar surface area (TPSA) is 56.2 Å². The number of hydrogen-bond acceptors (Lipinski definition) is 3. The van der Waals surface area contributed by atoms with Crippen LogP contribution in [-0.2, 0) is 11.8 Å². The highest BCUT2D eigenvalue weighted by Crippen LogP contribution is 2.34. The van der Waals surface area contributed by atoms with E-state index in [-0.39, 0.29) is 5.91 Å². The lowest BCUT2D eigenvalue weighted by Crippen LogP contribution is -2.41. The minimum atomic E-state index is -0.531. The lowest BCUT2D eigenvalue weighted by molar-refractivity contribution is -0.127. The summed E-state index contributed by atoms with van der Waals surface area (Å²) in [5.41, 5.74) is 2.14. The molecule has 1 unspecified atom stereocenters. The molecule has 2 aromatic carbocycles. The van der Waals surface area contributed by atoms with Gasteiger partial charge in [0.1, 0.15) is 5.75 Å². The van der Waals surface area contributed by atoms with Gasteiger partial charge in [0.15, 0.2) is 6.10 Å². The van der Waals surface area contributed by atoms with E-state index in [0.29, 0.717) is 6.04 Å². The molecular formula is C22H25N3O2. The Balaban J connectivity index is 1.61. The molecule has 27 heavy (non-hydrogen) atoms. The monoisotopic (exact) mass is 363 g/mol. The fraction of sp³-hybridized carbons (Fsp3) is 0.364. The Labute approximate surface area is 159 Å². The number of fused-ring (bicyclic) bond motifs is 1. The molecule has 1 fully saturated rings. The average molecular weight is 363 g/mol. The molecule has 140 valence electrons. The van der Waals surface area contributed by atoms with Crippen molar-refractivity contribution in [2.45, 2.75) is 44.8 Å². The number of ether oxygens (including phenoxy) is 1. The molecule has 0 aliphatic heterocycles. The van der Waals surface area contributed by atoms with E-state index in [1.807, 2.05) is 55.1 Å². The number of aryl methyl sites for hydroxylation is 1. The van der Waals surface area contributed by atoms with Crippen LogP contribution in [0.4, 0.5) is 0 Å². The molecule has 1 N–H and O–H groups in total. The quantitative estimate of drug-likeness (QED) is 0.743. The molecule has 1 saturated carbocycles. The van der Waals surface area contributed by atoms with Crippen molar-refractivity contribution in [1.82, 2.24) is 15.1 Å².